The van der Waals surface area contributed by atoms with Crippen molar-refractivity contribution in [2.75, 3.05) is 13.6 Å². The van der Waals surface area contributed by atoms with Crippen molar-refractivity contribution < 1.29 is 9.90 Å². The molecule has 2 unspecified atom stereocenters. The van der Waals surface area contributed by atoms with Gasteiger partial charge in [0.2, 0.25) is 0 Å². The maximum absolute atomic E-state index is 10.8. The Morgan fingerprint density at radius 1 is 1.21 bits per heavy atom. The minimum Gasteiger partial charge on any atom is -0.481 e. The first-order valence-corrected chi connectivity index (χ1v) is 11.1. The molecule has 0 heterocycles. The van der Waals surface area contributed by atoms with Crippen LogP contribution >= 0.6 is 0 Å². The van der Waals surface area contributed by atoms with Crippen molar-refractivity contribution >= 4 is 5.97 Å². The third-order valence-corrected chi connectivity index (χ3v) is 5.59. The molecule has 3 nitrogen and oxygen atoms in total. The van der Waals surface area contributed by atoms with Crippen LogP contribution in [0.4, 0.5) is 0 Å². The number of allylic oxidation sites excluding steroid dienone is 3. The Hall–Kier alpha value is -1.69. The number of unbranched alkanes of at least 4 members (excludes halogenated alkanes) is 4. The first-order chi connectivity index (χ1) is 13.5. The van der Waals surface area contributed by atoms with Gasteiger partial charge >= 0.3 is 5.97 Å². The number of terminal acetylenes is 1. The minimum absolute atomic E-state index is 0.267. The second kappa shape index (κ2) is 16.3. The molecule has 1 rings (SSSR count). The minimum atomic E-state index is -0.677. The van der Waals surface area contributed by atoms with E-state index in [1.54, 1.807) is 0 Å². The fourth-order valence-corrected chi connectivity index (χ4v) is 3.80. The van der Waals surface area contributed by atoms with E-state index in [-0.39, 0.29) is 12.3 Å². The Balaban J connectivity index is 0.00000352. The molecular formula is C25H43NO2. The van der Waals surface area contributed by atoms with E-state index in [0.29, 0.717) is 5.92 Å². The summed E-state index contributed by atoms with van der Waals surface area (Å²) in [7, 11) is 2.24. The van der Waals surface area contributed by atoms with Gasteiger partial charge in [-0.1, -0.05) is 58.6 Å². The molecule has 0 amide bonds. The number of hydrogen-bond acceptors (Lipinski definition) is 2. The number of rotatable bonds is 14. The second-order valence-electron chi connectivity index (χ2n) is 8.12. The number of hydrogen-bond donors (Lipinski definition) is 1. The van der Waals surface area contributed by atoms with Gasteiger partial charge in [-0.15, -0.1) is 12.8 Å². The molecule has 0 fully saturated rings. The van der Waals surface area contributed by atoms with Gasteiger partial charge in [0.25, 0.3) is 0 Å². The van der Waals surface area contributed by atoms with Crippen LogP contribution in [0.2, 0.25) is 0 Å². The Kier molecular flexibility index (Phi) is 15.3. The van der Waals surface area contributed by atoms with E-state index in [1.807, 2.05) is 0 Å². The Morgan fingerprint density at radius 3 is 2.50 bits per heavy atom. The number of carbonyl (C=O) groups is 1. The molecule has 0 aromatic carbocycles. The summed E-state index contributed by atoms with van der Waals surface area (Å²) in [6.45, 7) is 7.72. The summed E-state index contributed by atoms with van der Waals surface area (Å²) < 4.78 is 0. The average Bonchev–Trinajstić information content (AvgIpc) is 2.68. The van der Waals surface area contributed by atoms with Crippen LogP contribution in [0.1, 0.15) is 91.4 Å². The van der Waals surface area contributed by atoms with Crippen LogP contribution in [-0.4, -0.2) is 29.6 Å². The van der Waals surface area contributed by atoms with Crippen molar-refractivity contribution in [1.29, 1.82) is 0 Å². The fraction of sp³-hybridized carbons (Fsp3) is 0.720. The molecule has 160 valence electrons. The highest BCUT2D eigenvalue weighted by Crippen LogP contribution is 2.30. The third-order valence-electron chi connectivity index (χ3n) is 5.59. The van der Waals surface area contributed by atoms with Crippen LogP contribution in [0.5, 0.6) is 0 Å². The zero-order valence-electron chi connectivity index (χ0n) is 18.8. The Bertz CT molecular complexity index is 504. The van der Waals surface area contributed by atoms with E-state index < -0.39 is 5.97 Å². The summed E-state index contributed by atoms with van der Waals surface area (Å²) in [4.78, 5) is 13.3. The zero-order chi connectivity index (χ0) is 21.4. The highest BCUT2D eigenvalue weighted by Gasteiger charge is 2.18. The Labute approximate surface area is 174 Å². The summed E-state index contributed by atoms with van der Waals surface area (Å²) >= 11 is 0. The molecule has 3 heteroatoms. The van der Waals surface area contributed by atoms with Crippen LogP contribution in [0.25, 0.3) is 0 Å². The smallest absolute Gasteiger partial charge is 0.303 e. The van der Waals surface area contributed by atoms with Gasteiger partial charge in [-0.2, -0.15) is 0 Å². The maximum Gasteiger partial charge on any atom is 0.303 e. The van der Waals surface area contributed by atoms with Crippen LogP contribution in [0.15, 0.2) is 23.4 Å². The number of aliphatic carboxylic acids is 1. The van der Waals surface area contributed by atoms with Crippen molar-refractivity contribution in [2.45, 2.75) is 91.4 Å². The molecule has 2 atom stereocenters. The van der Waals surface area contributed by atoms with Crippen LogP contribution < -0.4 is 0 Å². The summed E-state index contributed by atoms with van der Waals surface area (Å²) in [6.07, 6.45) is 25.3. The van der Waals surface area contributed by atoms with E-state index in [2.05, 4.69) is 57.7 Å². The molecule has 0 spiro atoms. The molecule has 0 aromatic rings. The van der Waals surface area contributed by atoms with Gasteiger partial charge in [0.1, 0.15) is 0 Å². The first-order valence-electron chi connectivity index (χ1n) is 11.1. The standard InChI is InChI=1S/C23H41NO2.C2H2/c1-5-7-8-9-10-16-24(4)22-18-20(6-2)14-15-21(22)13-11-12-19(3)17-23(25)26;1-2/h15,18-20H,5-14,16-17H2,1-4H3,(H,25,26);1-2H. The topological polar surface area (TPSA) is 40.5 Å². The lowest BCUT2D eigenvalue weighted by atomic mass is 9.88. The lowest BCUT2D eigenvalue weighted by Gasteiger charge is -2.30. The van der Waals surface area contributed by atoms with Gasteiger partial charge in [0.05, 0.1) is 0 Å². The molecule has 0 radical (unpaired) electrons. The van der Waals surface area contributed by atoms with Crippen LogP contribution in [-0.2, 0) is 4.79 Å². The van der Waals surface area contributed by atoms with Crippen LogP contribution in [0, 0.1) is 24.7 Å². The van der Waals surface area contributed by atoms with E-state index in [0.717, 1.165) is 32.2 Å². The van der Waals surface area contributed by atoms with E-state index in [1.165, 1.54) is 49.8 Å². The molecule has 0 aromatic heterocycles. The highest BCUT2D eigenvalue weighted by atomic mass is 16.4. The fourth-order valence-electron chi connectivity index (χ4n) is 3.80. The molecule has 0 saturated heterocycles. The van der Waals surface area contributed by atoms with Gasteiger partial charge in [0.15, 0.2) is 0 Å². The molecule has 0 saturated carbocycles. The lowest BCUT2D eigenvalue weighted by molar-refractivity contribution is -0.138. The molecule has 0 bridgehead atoms. The van der Waals surface area contributed by atoms with Gasteiger partial charge in [-0.25, -0.2) is 0 Å². The summed E-state index contributed by atoms with van der Waals surface area (Å²) in [5, 5.41) is 8.91. The predicted octanol–water partition coefficient (Wildman–Crippen LogP) is 6.66. The van der Waals surface area contributed by atoms with E-state index in [4.69, 9.17) is 5.11 Å². The number of carboxylic acid groups (broad SMARTS) is 1. The molecule has 1 aliphatic rings. The molecular weight excluding hydrogens is 346 g/mol. The molecule has 0 aliphatic heterocycles. The highest BCUT2D eigenvalue weighted by molar-refractivity contribution is 5.66. The van der Waals surface area contributed by atoms with Crippen molar-refractivity contribution in [3.8, 4) is 12.8 Å². The van der Waals surface area contributed by atoms with Crippen molar-refractivity contribution in [1.82, 2.24) is 4.90 Å². The third kappa shape index (κ3) is 11.2. The monoisotopic (exact) mass is 389 g/mol. The summed E-state index contributed by atoms with van der Waals surface area (Å²) in [5.74, 6) is 0.259. The van der Waals surface area contributed by atoms with Gasteiger partial charge in [-0.3, -0.25) is 4.79 Å². The molecule has 1 aliphatic carbocycles. The van der Waals surface area contributed by atoms with Crippen LogP contribution in [0.3, 0.4) is 0 Å². The van der Waals surface area contributed by atoms with Gasteiger partial charge < -0.3 is 10.0 Å². The van der Waals surface area contributed by atoms with E-state index >= 15 is 0 Å². The number of likely N-dealkylation sites (N-methyl/N-ethyl adjacent to an activating group) is 1. The van der Waals surface area contributed by atoms with Crippen molar-refractivity contribution in [2.24, 2.45) is 11.8 Å². The predicted molar refractivity (Wildman–Crippen MR) is 121 cm³/mol. The van der Waals surface area contributed by atoms with Crippen molar-refractivity contribution in [3.05, 3.63) is 23.4 Å². The lowest BCUT2D eigenvalue weighted by Crippen LogP contribution is -2.23. The summed E-state index contributed by atoms with van der Waals surface area (Å²) in [5.41, 5.74) is 2.91. The normalized spacial score (nSPS) is 17.0. The second-order valence-corrected chi connectivity index (χ2v) is 8.12. The first kappa shape index (κ1) is 26.3. The van der Waals surface area contributed by atoms with Gasteiger partial charge in [0, 0.05) is 25.7 Å². The quantitative estimate of drug-likeness (QED) is 0.267. The molecule has 1 N–H and O–H groups in total. The largest absolute Gasteiger partial charge is 0.481 e. The molecule has 28 heavy (non-hydrogen) atoms. The Morgan fingerprint density at radius 2 is 1.89 bits per heavy atom. The van der Waals surface area contributed by atoms with Crippen molar-refractivity contribution in [3.63, 3.8) is 0 Å². The zero-order valence-corrected chi connectivity index (χ0v) is 18.8. The average molecular weight is 390 g/mol. The summed E-state index contributed by atoms with van der Waals surface area (Å²) in [6, 6.07) is 0. The van der Waals surface area contributed by atoms with E-state index in [9.17, 15) is 4.79 Å². The van der Waals surface area contributed by atoms with Gasteiger partial charge in [-0.05, 0) is 55.9 Å². The maximum atomic E-state index is 10.8. The SMILES string of the molecule is C#C.CCCCCCCN(C)C1=CC(CC)CC=C1CCCC(C)CC(=O)O. The number of carboxylic acids is 1. The number of nitrogens with zero attached hydrogens (tertiary/aromatic N) is 1.